The monoisotopic (exact) mass is 391 g/mol. The molecule has 1 aromatic rings. The van der Waals surface area contributed by atoms with Gasteiger partial charge in [0.2, 0.25) is 0 Å². The lowest BCUT2D eigenvalue weighted by Crippen LogP contribution is -2.52. The Labute approximate surface area is 164 Å². The van der Waals surface area contributed by atoms with Crippen molar-refractivity contribution in [2.75, 3.05) is 12.8 Å². The molecule has 146 valence electrons. The molecule has 0 aliphatic heterocycles. The molecule has 4 aliphatic carbocycles. The fourth-order valence-corrected chi connectivity index (χ4v) is 6.18. The molecule has 0 spiro atoms. The Bertz CT molecular complexity index is 755. The Morgan fingerprint density at radius 1 is 1.15 bits per heavy atom. The smallest absolute Gasteiger partial charge is 0.342 e. The van der Waals surface area contributed by atoms with Gasteiger partial charge in [0.1, 0.15) is 11.3 Å². The summed E-state index contributed by atoms with van der Waals surface area (Å²) in [6.07, 6.45) is 5.88. The molecule has 4 bridgehead atoms. The molecule has 0 heterocycles. The topological polar surface area (TPSA) is 78.6 Å². The van der Waals surface area contributed by atoms with Crippen molar-refractivity contribution in [1.29, 1.82) is 0 Å². The van der Waals surface area contributed by atoms with Crippen molar-refractivity contribution in [3.8, 4) is 5.75 Å². The summed E-state index contributed by atoms with van der Waals surface area (Å²) >= 11 is 6.04. The molecule has 4 aliphatic rings. The third kappa shape index (κ3) is 3.20. The summed E-state index contributed by atoms with van der Waals surface area (Å²) < 4.78 is 10.8. The lowest BCUT2D eigenvalue weighted by atomic mass is 9.48. The SMILES string of the molecule is COc1cc(N)c(Cl)cc1C(=O)O[C@@H](C)C(=O)C12CC3CC(CC(C3)C1)C2. The molecular formula is C21H26ClNO4. The van der Waals surface area contributed by atoms with Gasteiger partial charge in [0.05, 0.1) is 17.8 Å². The summed E-state index contributed by atoms with van der Waals surface area (Å²) in [7, 11) is 1.45. The number of hydrogen-bond acceptors (Lipinski definition) is 5. The molecule has 0 amide bonds. The zero-order valence-electron chi connectivity index (χ0n) is 15.8. The summed E-state index contributed by atoms with van der Waals surface area (Å²) in [5.74, 6) is 1.75. The van der Waals surface area contributed by atoms with E-state index < -0.39 is 12.1 Å². The molecular weight excluding hydrogens is 366 g/mol. The predicted molar refractivity (Wildman–Crippen MR) is 103 cm³/mol. The van der Waals surface area contributed by atoms with E-state index in [0.717, 1.165) is 19.3 Å². The van der Waals surface area contributed by atoms with E-state index in [-0.39, 0.29) is 27.5 Å². The molecule has 1 atom stereocenters. The maximum atomic E-state index is 13.3. The van der Waals surface area contributed by atoms with E-state index in [1.165, 1.54) is 38.5 Å². The highest BCUT2D eigenvalue weighted by Gasteiger charge is 2.55. The number of methoxy groups -OCH3 is 1. The van der Waals surface area contributed by atoms with Crippen LogP contribution in [-0.4, -0.2) is 25.0 Å². The Morgan fingerprint density at radius 3 is 2.22 bits per heavy atom. The average molecular weight is 392 g/mol. The molecule has 4 fully saturated rings. The van der Waals surface area contributed by atoms with Crippen LogP contribution in [-0.2, 0) is 9.53 Å². The standard InChI is InChI=1S/C21H26ClNO4/c1-11(27-20(25)15-6-16(22)17(23)7-18(15)26-2)19(24)21-8-12-3-13(9-21)5-14(4-12)10-21/h6-7,11-14H,3-5,8-10,23H2,1-2H3/t11-,12?,13?,14?,21?/m0/s1. The molecule has 2 N–H and O–H groups in total. The number of hydrogen-bond donors (Lipinski definition) is 1. The van der Waals surface area contributed by atoms with Gasteiger partial charge in [-0.05, 0) is 69.3 Å². The van der Waals surface area contributed by atoms with Crippen LogP contribution in [0.5, 0.6) is 5.75 Å². The Morgan fingerprint density at radius 2 is 1.70 bits per heavy atom. The minimum atomic E-state index is -0.783. The van der Waals surface area contributed by atoms with E-state index in [9.17, 15) is 9.59 Å². The average Bonchev–Trinajstić information content (AvgIpc) is 2.61. The highest BCUT2D eigenvalue weighted by atomic mass is 35.5. The van der Waals surface area contributed by atoms with E-state index >= 15 is 0 Å². The first-order valence-corrected chi connectivity index (χ1v) is 10.1. The van der Waals surface area contributed by atoms with Gasteiger partial charge in [0, 0.05) is 11.5 Å². The first-order valence-electron chi connectivity index (χ1n) is 9.69. The van der Waals surface area contributed by atoms with Crippen LogP contribution in [0.4, 0.5) is 5.69 Å². The number of ether oxygens (including phenoxy) is 2. The van der Waals surface area contributed by atoms with E-state index in [1.807, 2.05) is 0 Å². The summed E-state index contributed by atoms with van der Waals surface area (Å²) in [4.78, 5) is 26.0. The van der Waals surface area contributed by atoms with Crippen LogP contribution in [0.15, 0.2) is 12.1 Å². The van der Waals surface area contributed by atoms with Crippen LogP contribution >= 0.6 is 11.6 Å². The van der Waals surface area contributed by atoms with Gasteiger partial charge in [-0.15, -0.1) is 0 Å². The number of ketones is 1. The van der Waals surface area contributed by atoms with Crippen LogP contribution in [0.3, 0.4) is 0 Å². The highest BCUT2D eigenvalue weighted by Crippen LogP contribution is 2.60. The fourth-order valence-electron chi connectivity index (χ4n) is 6.02. The van der Waals surface area contributed by atoms with Crippen molar-refractivity contribution in [3.05, 3.63) is 22.7 Å². The third-order valence-electron chi connectivity index (χ3n) is 6.75. The maximum Gasteiger partial charge on any atom is 0.342 e. The largest absolute Gasteiger partial charge is 0.496 e. The highest BCUT2D eigenvalue weighted by molar-refractivity contribution is 6.33. The second-order valence-electron chi connectivity index (χ2n) is 8.68. The van der Waals surface area contributed by atoms with E-state index in [4.69, 9.17) is 26.8 Å². The van der Waals surface area contributed by atoms with E-state index in [1.54, 1.807) is 6.92 Å². The van der Waals surface area contributed by atoms with Gasteiger partial charge in [-0.3, -0.25) is 4.79 Å². The maximum absolute atomic E-state index is 13.3. The van der Waals surface area contributed by atoms with Crippen LogP contribution in [0.2, 0.25) is 5.02 Å². The van der Waals surface area contributed by atoms with Crippen molar-refractivity contribution in [2.24, 2.45) is 23.2 Å². The van der Waals surface area contributed by atoms with Crippen LogP contribution in [0, 0.1) is 23.2 Å². The van der Waals surface area contributed by atoms with Gasteiger partial charge < -0.3 is 15.2 Å². The summed E-state index contributed by atoms with van der Waals surface area (Å²) in [6.45, 7) is 1.68. The Balaban J connectivity index is 1.51. The van der Waals surface area contributed by atoms with Crippen LogP contribution in [0.25, 0.3) is 0 Å². The van der Waals surface area contributed by atoms with Gasteiger partial charge in [-0.2, -0.15) is 0 Å². The van der Waals surface area contributed by atoms with Crippen molar-refractivity contribution in [2.45, 2.75) is 51.6 Å². The summed E-state index contributed by atoms with van der Waals surface area (Å²) in [5, 5.41) is 0.253. The number of halogens is 1. The summed E-state index contributed by atoms with van der Waals surface area (Å²) in [5.41, 5.74) is 5.98. The second-order valence-corrected chi connectivity index (χ2v) is 9.09. The predicted octanol–water partition coefficient (Wildman–Crippen LogP) is 4.26. The number of rotatable bonds is 5. The zero-order chi connectivity index (χ0) is 19.3. The van der Waals surface area contributed by atoms with Gasteiger partial charge >= 0.3 is 5.97 Å². The molecule has 0 aromatic heterocycles. The lowest BCUT2D eigenvalue weighted by molar-refractivity contribution is -0.152. The molecule has 0 radical (unpaired) electrons. The lowest BCUT2D eigenvalue weighted by Gasteiger charge is -2.56. The van der Waals surface area contributed by atoms with E-state index in [0.29, 0.717) is 23.4 Å². The molecule has 4 saturated carbocycles. The third-order valence-corrected chi connectivity index (χ3v) is 7.08. The van der Waals surface area contributed by atoms with Gasteiger partial charge in [0.15, 0.2) is 11.9 Å². The van der Waals surface area contributed by atoms with Gasteiger partial charge in [0.25, 0.3) is 0 Å². The number of nitrogen functional groups attached to an aromatic ring is 1. The van der Waals surface area contributed by atoms with Gasteiger partial charge in [-0.25, -0.2) is 4.79 Å². The number of Topliss-reactive ketones (excluding diaryl/α,β-unsaturated/α-hetero) is 1. The van der Waals surface area contributed by atoms with E-state index in [2.05, 4.69) is 0 Å². The molecule has 5 rings (SSSR count). The molecule has 27 heavy (non-hydrogen) atoms. The quantitative estimate of drug-likeness (QED) is 0.599. The number of carbonyl (C=O) groups excluding carboxylic acids is 2. The first kappa shape index (κ1) is 18.6. The second kappa shape index (κ2) is 6.69. The molecule has 0 saturated heterocycles. The van der Waals surface area contributed by atoms with Crippen LogP contribution in [0.1, 0.15) is 55.8 Å². The zero-order valence-corrected chi connectivity index (χ0v) is 16.6. The Kier molecular flexibility index (Phi) is 4.61. The van der Waals surface area contributed by atoms with Crippen molar-refractivity contribution < 1.29 is 19.1 Å². The Hall–Kier alpha value is -1.75. The fraction of sp³-hybridized carbons (Fsp3) is 0.619. The minimum Gasteiger partial charge on any atom is -0.496 e. The number of benzene rings is 1. The van der Waals surface area contributed by atoms with Gasteiger partial charge in [-0.1, -0.05) is 11.6 Å². The van der Waals surface area contributed by atoms with Crippen LogP contribution < -0.4 is 10.5 Å². The number of esters is 1. The minimum absolute atomic E-state index is 0.0791. The molecule has 0 unspecified atom stereocenters. The number of nitrogens with two attached hydrogens (primary N) is 1. The van der Waals surface area contributed by atoms with Crippen molar-refractivity contribution in [1.82, 2.24) is 0 Å². The van der Waals surface area contributed by atoms with Crippen molar-refractivity contribution >= 4 is 29.0 Å². The number of anilines is 1. The number of carbonyl (C=O) groups is 2. The van der Waals surface area contributed by atoms with Crippen molar-refractivity contribution in [3.63, 3.8) is 0 Å². The first-order chi connectivity index (χ1) is 12.8. The summed E-state index contributed by atoms with van der Waals surface area (Å²) in [6, 6.07) is 2.92. The molecule has 6 heteroatoms. The molecule has 5 nitrogen and oxygen atoms in total. The normalized spacial score (nSPS) is 32.2. The molecule has 1 aromatic carbocycles.